The van der Waals surface area contributed by atoms with Crippen LogP contribution in [0.15, 0.2) is 43.0 Å². The van der Waals surface area contributed by atoms with E-state index in [0.29, 0.717) is 25.8 Å². The summed E-state index contributed by atoms with van der Waals surface area (Å²) in [4.78, 5) is 27.2. The van der Waals surface area contributed by atoms with E-state index in [2.05, 4.69) is 44.3 Å². The number of hydrogen-bond acceptors (Lipinski definition) is 7. The van der Waals surface area contributed by atoms with Crippen molar-refractivity contribution < 1.29 is 9.90 Å². The van der Waals surface area contributed by atoms with Gasteiger partial charge in [-0.05, 0) is 63.6 Å². The van der Waals surface area contributed by atoms with Crippen LogP contribution in [0.3, 0.4) is 0 Å². The van der Waals surface area contributed by atoms with Crippen molar-refractivity contribution in [3.05, 3.63) is 48.5 Å². The number of carbonyl (C=O) groups is 1. The minimum Gasteiger partial charge on any atom is -0.389 e. The summed E-state index contributed by atoms with van der Waals surface area (Å²) in [6, 6.07) is 8.81. The van der Waals surface area contributed by atoms with Crippen molar-refractivity contribution in [1.82, 2.24) is 34.4 Å². The lowest BCUT2D eigenvalue weighted by molar-refractivity contribution is -0.126. The fourth-order valence-corrected chi connectivity index (χ4v) is 8.38. The monoisotopic (exact) mass is 617 g/mol. The van der Waals surface area contributed by atoms with Gasteiger partial charge in [0.25, 0.3) is 0 Å². The fraction of sp³-hybridized carbons (Fsp3) is 0.457. The topological polar surface area (TPSA) is 132 Å². The molecular weight excluding hydrogens is 578 g/mol. The van der Waals surface area contributed by atoms with Gasteiger partial charge in [0.2, 0.25) is 5.91 Å². The Labute approximate surface area is 267 Å². The minimum atomic E-state index is -0.919. The number of pyridine rings is 1. The SMILES string of the molecule is CN1C(=O)C2(CCN(C3(CC#N)CCC3)CC2)c2c1cnc1[nH]c(-c3cnn(CC(C)(C)O)c3)c(-c3ccc4c(cnn4C)c3)c21. The predicted molar refractivity (Wildman–Crippen MR) is 176 cm³/mol. The molecule has 0 atom stereocenters. The number of likely N-dealkylation sites (N-methyl/N-ethyl adjacent to an activating group) is 1. The summed E-state index contributed by atoms with van der Waals surface area (Å²) in [5.74, 6) is 0.119. The summed E-state index contributed by atoms with van der Waals surface area (Å²) in [6.07, 6.45) is 12.7. The van der Waals surface area contributed by atoms with E-state index in [4.69, 9.17) is 4.98 Å². The summed E-state index contributed by atoms with van der Waals surface area (Å²) in [6.45, 7) is 5.45. The van der Waals surface area contributed by atoms with Gasteiger partial charge in [-0.1, -0.05) is 6.07 Å². The number of aromatic amines is 1. The van der Waals surface area contributed by atoms with E-state index < -0.39 is 11.0 Å². The molecule has 1 saturated heterocycles. The van der Waals surface area contributed by atoms with Crippen LogP contribution in [0.1, 0.15) is 57.9 Å². The summed E-state index contributed by atoms with van der Waals surface area (Å²) in [5, 5.41) is 31.1. The number of aromatic nitrogens is 6. The molecule has 236 valence electrons. The van der Waals surface area contributed by atoms with E-state index >= 15 is 0 Å². The number of fused-ring (bicyclic) bond motifs is 5. The molecule has 4 aromatic heterocycles. The summed E-state index contributed by atoms with van der Waals surface area (Å²) in [7, 11) is 3.81. The lowest BCUT2D eigenvalue weighted by Gasteiger charge is -2.53. The Morgan fingerprint density at radius 3 is 2.54 bits per heavy atom. The second-order valence-corrected chi connectivity index (χ2v) is 14.2. The van der Waals surface area contributed by atoms with Gasteiger partial charge in [0.05, 0.1) is 65.5 Å². The van der Waals surface area contributed by atoms with Crippen LogP contribution in [0.2, 0.25) is 0 Å². The quantitative estimate of drug-likeness (QED) is 0.277. The van der Waals surface area contributed by atoms with Gasteiger partial charge in [0, 0.05) is 66.4 Å². The number of carbonyl (C=O) groups excluding carboxylic acids is 1. The van der Waals surface area contributed by atoms with Gasteiger partial charge in [0.1, 0.15) is 5.65 Å². The molecule has 0 bridgehead atoms. The Kier molecular flexibility index (Phi) is 6.27. The zero-order valence-electron chi connectivity index (χ0n) is 26.8. The standard InChI is InChI=1S/C35H39N9O2/c1-33(2,46)21-44-20-24(18-39-44)30-27(22-6-7-25-23(16-22)17-38-42(25)4)28-29-26(19-37-31(28)40-30)41(3)32(45)35(29)11-14-43(15-12-35)34(10-13-36)8-5-9-34/h6-7,16-20,46H,5,8-12,14-15,21H2,1-4H3,(H,37,40). The van der Waals surface area contributed by atoms with Crippen molar-refractivity contribution in [2.24, 2.45) is 7.05 Å². The molecule has 46 heavy (non-hydrogen) atoms. The van der Waals surface area contributed by atoms with Crippen LogP contribution < -0.4 is 4.90 Å². The van der Waals surface area contributed by atoms with Crippen LogP contribution >= 0.6 is 0 Å². The van der Waals surface area contributed by atoms with Gasteiger partial charge in [-0.15, -0.1) is 0 Å². The molecule has 8 rings (SSSR count). The first-order valence-corrected chi connectivity index (χ1v) is 16.2. The molecule has 1 amide bonds. The first-order valence-electron chi connectivity index (χ1n) is 16.2. The summed E-state index contributed by atoms with van der Waals surface area (Å²) in [5.41, 5.74) is 5.75. The van der Waals surface area contributed by atoms with E-state index in [1.807, 2.05) is 43.6 Å². The highest BCUT2D eigenvalue weighted by atomic mass is 16.3. The van der Waals surface area contributed by atoms with Crippen molar-refractivity contribution >= 4 is 33.5 Å². The molecular formula is C35H39N9O2. The Morgan fingerprint density at radius 2 is 1.85 bits per heavy atom. The van der Waals surface area contributed by atoms with E-state index in [-0.39, 0.29) is 11.4 Å². The van der Waals surface area contributed by atoms with Gasteiger partial charge in [-0.2, -0.15) is 15.5 Å². The highest BCUT2D eigenvalue weighted by Crippen LogP contribution is 2.55. The summed E-state index contributed by atoms with van der Waals surface area (Å²) >= 11 is 0. The number of H-pyrrole nitrogens is 1. The minimum absolute atomic E-state index is 0.0465. The van der Waals surface area contributed by atoms with Crippen molar-refractivity contribution in [1.29, 1.82) is 5.26 Å². The second kappa shape index (κ2) is 9.98. The molecule has 0 unspecified atom stereocenters. The van der Waals surface area contributed by atoms with E-state index in [1.165, 1.54) is 0 Å². The number of aliphatic hydroxyl groups is 1. The molecule has 6 heterocycles. The maximum Gasteiger partial charge on any atom is 0.237 e. The molecule has 1 aromatic carbocycles. The molecule has 1 saturated carbocycles. The van der Waals surface area contributed by atoms with Crippen molar-refractivity contribution in [3.8, 4) is 28.5 Å². The smallest absolute Gasteiger partial charge is 0.237 e. The molecule has 5 aromatic rings. The van der Waals surface area contributed by atoms with Crippen LogP contribution in [0, 0.1) is 11.3 Å². The number of anilines is 1. The zero-order chi connectivity index (χ0) is 32.0. The number of benzene rings is 1. The first kappa shape index (κ1) is 28.9. The maximum absolute atomic E-state index is 14.4. The molecule has 11 nitrogen and oxygen atoms in total. The Balaban J connectivity index is 1.33. The maximum atomic E-state index is 14.4. The molecule has 2 aliphatic heterocycles. The highest BCUT2D eigenvalue weighted by Gasteiger charge is 2.55. The van der Waals surface area contributed by atoms with Crippen LogP contribution in [0.25, 0.3) is 44.3 Å². The molecule has 3 aliphatic rings. The summed E-state index contributed by atoms with van der Waals surface area (Å²) < 4.78 is 3.63. The van der Waals surface area contributed by atoms with Gasteiger partial charge >= 0.3 is 0 Å². The molecule has 11 heteroatoms. The molecule has 2 N–H and O–H groups in total. The van der Waals surface area contributed by atoms with Crippen LogP contribution in [-0.2, 0) is 23.8 Å². The normalized spacial score (nSPS) is 19.2. The number of amides is 1. The Hall–Kier alpha value is -4.53. The number of aryl methyl sites for hydroxylation is 1. The zero-order valence-corrected chi connectivity index (χ0v) is 26.8. The molecule has 0 radical (unpaired) electrons. The first-order chi connectivity index (χ1) is 22.0. The van der Waals surface area contributed by atoms with E-state index in [9.17, 15) is 15.2 Å². The Morgan fingerprint density at radius 1 is 1.07 bits per heavy atom. The third kappa shape index (κ3) is 4.16. The van der Waals surface area contributed by atoms with Crippen molar-refractivity contribution in [2.75, 3.05) is 25.0 Å². The third-order valence-corrected chi connectivity index (χ3v) is 10.8. The fourth-order valence-electron chi connectivity index (χ4n) is 8.38. The van der Waals surface area contributed by atoms with Crippen molar-refractivity contribution in [2.45, 2.75) is 75.5 Å². The highest BCUT2D eigenvalue weighted by molar-refractivity contribution is 6.16. The van der Waals surface area contributed by atoms with Crippen LogP contribution in [-0.4, -0.2) is 76.7 Å². The number of nitrogens with one attached hydrogen (secondary N) is 1. The lowest BCUT2D eigenvalue weighted by atomic mass is 9.68. The van der Waals surface area contributed by atoms with E-state index in [0.717, 1.165) is 87.9 Å². The number of likely N-dealkylation sites (tertiary alicyclic amines) is 1. The molecule has 1 spiro atoms. The number of rotatable bonds is 6. The van der Waals surface area contributed by atoms with Crippen molar-refractivity contribution in [3.63, 3.8) is 0 Å². The third-order valence-electron chi connectivity index (χ3n) is 10.8. The van der Waals surface area contributed by atoms with Gasteiger partial charge < -0.3 is 15.0 Å². The molecule has 1 aliphatic carbocycles. The Bertz CT molecular complexity index is 2060. The average Bonchev–Trinajstić information content (AvgIpc) is 3.76. The van der Waals surface area contributed by atoms with Crippen LogP contribution in [0.5, 0.6) is 0 Å². The second-order valence-electron chi connectivity index (χ2n) is 14.2. The predicted octanol–water partition coefficient (Wildman–Crippen LogP) is 4.90. The van der Waals surface area contributed by atoms with Crippen LogP contribution in [0.4, 0.5) is 5.69 Å². The number of nitriles is 1. The molecule has 2 fully saturated rings. The van der Waals surface area contributed by atoms with Gasteiger partial charge in [0.15, 0.2) is 0 Å². The average molecular weight is 618 g/mol. The van der Waals surface area contributed by atoms with Gasteiger partial charge in [-0.3, -0.25) is 19.1 Å². The lowest BCUT2D eigenvalue weighted by Crippen LogP contribution is -2.59. The largest absolute Gasteiger partial charge is 0.389 e. The number of hydrogen-bond donors (Lipinski definition) is 2. The van der Waals surface area contributed by atoms with E-state index in [1.54, 1.807) is 23.4 Å². The van der Waals surface area contributed by atoms with Gasteiger partial charge in [-0.25, -0.2) is 4.98 Å². The number of nitrogens with zero attached hydrogens (tertiary/aromatic N) is 8. The number of piperidine rings is 1.